The summed E-state index contributed by atoms with van der Waals surface area (Å²) in [7, 11) is 2.22. The first-order valence-electron chi connectivity index (χ1n) is 6.38. The number of hydrogen-bond acceptors (Lipinski definition) is 3. The molecule has 2 aliphatic rings. The van der Waals surface area contributed by atoms with E-state index in [4.69, 9.17) is 0 Å². The molecule has 0 amide bonds. The Morgan fingerprint density at radius 1 is 1.20 bits per heavy atom. The zero-order valence-corrected chi connectivity index (χ0v) is 10.2. The van der Waals surface area contributed by atoms with Crippen LogP contribution in [0, 0.1) is 5.92 Å². The van der Waals surface area contributed by atoms with Crippen LogP contribution in [0.1, 0.15) is 19.8 Å². The van der Waals surface area contributed by atoms with Crippen LogP contribution in [-0.4, -0.2) is 62.2 Å². The Hall–Kier alpha value is -0.120. The highest BCUT2D eigenvalue weighted by atomic mass is 15.3. The molecule has 88 valence electrons. The standard InChI is InChI=1S/C12H25N3/c1-11-3-4-13-12(9-11)10-15-7-5-14(2)6-8-15/h11-13H,3-10H2,1-2H3. The number of likely N-dealkylation sites (N-methyl/N-ethyl adjacent to an activating group) is 1. The Morgan fingerprint density at radius 3 is 2.60 bits per heavy atom. The largest absolute Gasteiger partial charge is 0.313 e. The highest BCUT2D eigenvalue weighted by molar-refractivity contribution is 4.81. The lowest BCUT2D eigenvalue weighted by atomic mass is 9.94. The van der Waals surface area contributed by atoms with Crippen molar-refractivity contribution in [2.75, 3.05) is 46.3 Å². The summed E-state index contributed by atoms with van der Waals surface area (Å²) in [5.74, 6) is 0.920. The highest BCUT2D eigenvalue weighted by Crippen LogP contribution is 2.16. The van der Waals surface area contributed by atoms with Gasteiger partial charge in [-0.15, -0.1) is 0 Å². The van der Waals surface area contributed by atoms with Crippen molar-refractivity contribution in [3.63, 3.8) is 0 Å². The van der Waals surface area contributed by atoms with Gasteiger partial charge in [-0.25, -0.2) is 0 Å². The number of nitrogens with one attached hydrogen (secondary N) is 1. The average molecular weight is 211 g/mol. The summed E-state index contributed by atoms with van der Waals surface area (Å²) >= 11 is 0. The second-order valence-electron chi connectivity index (χ2n) is 5.38. The van der Waals surface area contributed by atoms with E-state index in [1.165, 1.54) is 52.1 Å². The van der Waals surface area contributed by atoms with Gasteiger partial charge in [0.2, 0.25) is 0 Å². The Morgan fingerprint density at radius 2 is 1.93 bits per heavy atom. The molecule has 2 saturated heterocycles. The van der Waals surface area contributed by atoms with E-state index in [2.05, 4.69) is 29.1 Å². The summed E-state index contributed by atoms with van der Waals surface area (Å²) in [6.07, 6.45) is 2.73. The minimum absolute atomic E-state index is 0.747. The first kappa shape index (κ1) is 11.4. The molecule has 2 atom stereocenters. The minimum atomic E-state index is 0.747. The number of piperidine rings is 1. The molecule has 3 nitrogen and oxygen atoms in total. The van der Waals surface area contributed by atoms with Crippen molar-refractivity contribution >= 4 is 0 Å². The van der Waals surface area contributed by atoms with E-state index in [0.29, 0.717) is 0 Å². The first-order valence-corrected chi connectivity index (χ1v) is 6.38. The predicted molar refractivity (Wildman–Crippen MR) is 64.1 cm³/mol. The maximum Gasteiger partial charge on any atom is 0.0197 e. The lowest BCUT2D eigenvalue weighted by molar-refractivity contribution is 0.131. The zero-order valence-electron chi connectivity index (χ0n) is 10.2. The molecule has 0 aliphatic carbocycles. The molecule has 0 bridgehead atoms. The maximum absolute atomic E-state index is 3.65. The van der Waals surface area contributed by atoms with E-state index in [1.807, 2.05) is 0 Å². The van der Waals surface area contributed by atoms with Crippen LogP contribution >= 0.6 is 0 Å². The smallest absolute Gasteiger partial charge is 0.0197 e. The fourth-order valence-electron chi connectivity index (χ4n) is 2.70. The topological polar surface area (TPSA) is 18.5 Å². The quantitative estimate of drug-likeness (QED) is 0.722. The van der Waals surface area contributed by atoms with Crippen molar-refractivity contribution in [3.05, 3.63) is 0 Å². The number of nitrogens with zero attached hydrogens (tertiary/aromatic N) is 2. The SMILES string of the molecule is CC1CCNC(CN2CCN(C)CC2)C1. The number of piperazine rings is 1. The third-order valence-corrected chi connectivity index (χ3v) is 3.83. The van der Waals surface area contributed by atoms with Crippen molar-refractivity contribution in [2.24, 2.45) is 5.92 Å². The van der Waals surface area contributed by atoms with Crippen LogP contribution in [0.2, 0.25) is 0 Å². The van der Waals surface area contributed by atoms with Gasteiger partial charge >= 0.3 is 0 Å². The Labute approximate surface area is 93.8 Å². The zero-order chi connectivity index (χ0) is 10.7. The van der Waals surface area contributed by atoms with Gasteiger partial charge in [-0.3, -0.25) is 4.90 Å². The summed E-state index contributed by atoms with van der Waals surface area (Å²) in [5, 5.41) is 3.65. The summed E-state index contributed by atoms with van der Waals surface area (Å²) in [6.45, 7) is 9.85. The number of rotatable bonds is 2. The fraction of sp³-hybridized carbons (Fsp3) is 1.00. The van der Waals surface area contributed by atoms with Crippen molar-refractivity contribution in [1.82, 2.24) is 15.1 Å². The van der Waals surface area contributed by atoms with E-state index in [1.54, 1.807) is 0 Å². The Bertz CT molecular complexity index is 187. The van der Waals surface area contributed by atoms with Crippen LogP contribution in [0.4, 0.5) is 0 Å². The van der Waals surface area contributed by atoms with Crippen LogP contribution in [-0.2, 0) is 0 Å². The maximum atomic E-state index is 3.65. The first-order chi connectivity index (χ1) is 7.24. The molecule has 0 radical (unpaired) electrons. The molecule has 0 saturated carbocycles. The second kappa shape index (κ2) is 5.28. The summed E-state index contributed by atoms with van der Waals surface area (Å²) in [5.41, 5.74) is 0. The Balaban J connectivity index is 1.71. The summed E-state index contributed by atoms with van der Waals surface area (Å²) in [4.78, 5) is 5.04. The van der Waals surface area contributed by atoms with Crippen LogP contribution < -0.4 is 5.32 Å². The third-order valence-electron chi connectivity index (χ3n) is 3.83. The molecule has 2 rings (SSSR count). The molecule has 15 heavy (non-hydrogen) atoms. The van der Waals surface area contributed by atoms with Gasteiger partial charge in [0.25, 0.3) is 0 Å². The van der Waals surface area contributed by atoms with Gasteiger partial charge < -0.3 is 10.2 Å². The molecule has 0 spiro atoms. The van der Waals surface area contributed by atoms with Gasteiger partial charge in [0.05, 0.1) is 0 Å². The molecule has 2 aliphatic heterocycles. The average Bonchev–Trinajstić information content (AvgIpc) is 2.22. The molecule has 2 heterocycles. The van der Waals surface area contributed by atoms with Gasteiger partial charge in [0.15, 0.2) is 0 Å². The molecule has 0 aromatic rings. The molecular formula is C12H25N3. The molecular weight excluding hydrogens is 186 g/mol. The molecule has 2 fully saturated rings. The van der Waals surface area contributed by atoms with Gasteiger partial charge in [-0.2, -0.15) is 0 Å². The summed E-state index contributed by atoms with van der Waals surface area (Å²) < 4.78 is 0. The van der Waals surface area contributed by atoms with Crippen LogP contribution in [0.3, 0.4) is 0 Å². The van der Waals surface area contributed by atoms with Gasteiger partial charge in [0.1, 0.15) is 0 Å². The number of hydrogen-bond donors (Lipinski definition) is 1. The second-order valence-corrected chi connectivity index (χ2v) is 5.38. The highest BCUT2D eigenvalue weighted by Gasteiger charge is 2.22. The molecule has 3 heteroatoms. The van der Waals surface area contributed by atoms with Gasteiger partial charge in [-0.05, 0) is 32.4 Å². The lowest BCUT2D eigenvalue weighted by Gasteiger charge is -2.37. The molecule has 2 unspecified atom stereocenters. The van der Waals surface area contributed by atoms with Crippen molar-refractivity contribution < 1.29 is 0 Å². The minimum Gasteiger partial charge on any atom is -0.313 e. The Kier molecular flexibility index (Phi) is 4.00. The van der Waals surface area contributed by atoms with E-state index < -0.39 is 0 Å². The van der Waals surface area contributed by atoms with E-state index in [9.17, 15) is 0 Å². The monoisotopic (exact) mass is 211 g/mol. The van der Waals surface area contributed by atoms with E-state index in [0.717, 1.165) is 12.0 Å². The van der Waals surface area contributed by atoms with Crippen molar-refractivity contribution in [2.45, 2.75) is 25.8 Å². The third kappa shape index (κ3) is 3.44. The van der Waals surface area contributed by atoms with Crippen LogP contribution in [0.5, 0.6) is 0 Å². The van der Waals surface area contributed by atoms with Gasteiger partial charge in [-0.1, -0.05) is 6.92 Å². The van der Waals surface area contributed by atoms with Crippen molar-refractivity contribution in [1.29, 1.82) is 0 Å². The molecule has 1 N–H and O–H groups in total. The van der Waals surface area contributed by atoms with Crippen LogP contribution in [0.25, 0.3) is 0 Å². The lowest BCUT2D eigenvalue weighted by Crippen LogP contribution is -2.51. The van der Waals surface area contributed by atoms with Crippen molar-refractivity contribution in [3.8, 4) is 0 Å². The summed E-state index contributed by atoms with van der Waals surface area (Å²) in [6, 6.07) is 0.747. The van der Waals surface area contributed by atoms with Crippen LogP contribution in [0.15, 0.2) is 0 Å². The van der Waals surface area contributed by atoms with Gasteiger partial charge in [0, 0.05) is 38.8 Å². The fourth-order valence-corrected chi connectivity index (χ4v) is 2.70. The molecule has 0 aromatic heterocycles. The van der Waals surface area contributed by atoms with E-state index >= 15 is 0 Å². The predicted octanol–water partition coefficient (Wildman–Crippen LogP) is 0.622. The van der Waals surface area contributed by atoms with E-state index in [-0.39, 0.29) is 0 Å². The normalized spacial score (nSPS) is 35.6. The molecule has 0 aromatic carbocycles.